The predicted octanol–water partition coefficient (Wildman–Crippen LogP) is -0.364. The van der Waals surface area contributed by atoms with Crippen molar-refractivity contribution in [3.63, 3.8) is 0 Å². The van der Waals surface area contributed by atoms with Gasteiger partial charge in [-0.05, 0) is 0 Å². The van der Waals surface area contributed by atoms with E-state index in [1.54, 1.807) is 0 Å². The molecule has 0 aliphatic carbocycles. The van der Waals surface area contributed by atoms with Crippen molar-refractivity contribution in [2.45, 2.75) is 0 Å². The largest absolute Gasteiger partial charge is 0.379 e. The van der Waals surface area contributed by atoms with Gasteiger partial charge in [0.1, 0.15) is 0 Å². The molecule has 1 fully saturated rings. The molecule has 1 N–H and O–H groups in total. The van der Waals surface area contributed by atoms with Gasteiger partial charge in [0.15, 0.2) is 0 Å². The molecule has 0 spiro atoms. The molecule has 1 aliphatic rings. The first-order valence-corrected chi connectivity index (χ1v) is 2.48. The predicted molar refractivity (Wildman–Crippen MR) is 27.1 cm³/mol. The summed E-state index contributed by atoms with van der Waals surface area (Å²) in [6.07, 6.45) is 0. The van der Waals surface area contributed by atoms with E-state index in [1.165, 1.54) is 0 Å². The van der Waals surface area contributed by atoms with Crippen molar-refractivity contribution < 1.29 is 4.74 Å². The molecule has 1 aliphatic heterocycles. The molecule has 0 radical (unpaired) electrons. The van der Waals surface area contributed by atoms with Gasteiger partial charge in [0, 0.05) is 23.9 Å². The SMILES string of the molecule is C1COCCN1.N#N. The summed E-state index contributed by atoms with van der Waals surface area (Å²) in [5.74, 6) is 0. The Morgan fingerprint density at radius 2 is 1.62 bits per heavy atom. The Labute approximate surface area is 48.2 Å². The summed E-state index contributed by atoms with van der Waals surface area (Å²) in [7, 11) is 0. The van der Waals surface area contributed by atoms with E-state index in [4.69, 9.17) is 15.5 Å². The fourth-order valence-electron chi connectivity index (χ4n) is 0.516. The zero-order valence-electron chi connectivity index (χ0n) is 4.63. The lowest BCUT2D eigenvalue weighted by molar-refractivity contribution is 0.109. The Bertz CT molecular complexity index is 48.0. The zero-order chi connectivity index (χ0) is 6.24. The van der Waals surface area contributed by atoms with Crippen LogP contribution in [-0.2, 0) is 4.74 Å². The molecule has 4 heteroatoms. The highest BCUT2D eigenvalue weighted by Gasteiger charge is 1.92. The van der Waals surface area contributed by atoms with Crippen LogP contribution in [0.2, 0.25) is 0 Å². The van der Waals surface area contributed by atoms with Crippen LogP contribution in [0.15, 0.2) is 0 Å². The first-order chi connectivity index (χ1) is 4.00. The van der Waals surface area contributed by atoms with Gasteiger partial charge in [-0.3, -0.25) is 0 Å². The highest BCUT2D eigenvalue weighted by Crippen LogP contribution is 1.76. The second kappa shape index (κ2) is 6.34. The minimum atomic E-state index is 0.889. The van der Waals surface area contributed by atoms with Gasteiger partial charge < -0.3 is 10.1 Å². The molecule has 0 amide bonds. The highest BCUT2D eigenvalue weighted by atomic mass is 16.5. The summed E-state index contributed by atoms with van der Waals surface area (Å²) in [5, 5.41) is 15.2. The average molecular weight is 115 g/mol. The second-order valence-corrected chi connectivity index (χ2v) is 1.36. The first kappa shape index (κ1) is 7.34. The quantitative estimate of drug-likeness (QED) is 0.437. The maximum atomic E-state index is 6.00. The van der Waals surface area contributed by atoms with Crippen LogP contribution in [-0.4, -0.2) is 26.3 Å². The normalized spacial score (nSPS) is 18.2. The summed E-state index contributed by atoms with van der Waals surface area (Å²) in [4.78, 5) is 0. The molecule has 0 unspecified atom stereocenters. The van der Waals surface area contributed by atoms with E-state index in [0.29, 0.717) is 0 Å². The molecular formula is C4H9N3O. The van der Waals surface area contributed by atoms with Crippen molar-refractivity contribution in [1.29, 1.82) is 10.8 Å². The lowest BCUT2D eigenvalue weighted by Crippen LogP contribution is -2.30. The minimum absolute atomic E-state index is 0.889. The van der Waals surface area contributed by atoms with Crippen LogP contribution in [0.5, 0.6) is 0 Å². The Hall–Kier alpha value is -0.660. The third-order valence-corrected chi connectivity index (χ3v) is 0.846. The number of rotatable bonds is 0. The summed E-state index contributed by atoms with van der Waals surface area (Å²) in [6.45, 7) is 3.83. The van der Waals surface area contributed by atoms with Gasteiger partial charge in [-0.1, -0.05) is 0 Å². The van der Waals surface area contributed by atoms with Crippen molar-refractivity contribution in [1.82, 2.24) is 5.32 Å². The van der Waals surface area contributed by atoms with Crippen molar-refractivity contribution in [3.8, 4) is 0 Å². The van der Waals surface area contributed by atoms with Crippen molar-refractivity contribution >= 4 is 0 Å². The molecule has 0 bridgehead atoms. The summed E-state index contributed by atoms with van der Waals surface area (Å²) < 4.78 is 5.01. The number of ether oxygens (including phenoxy) is 1. The van der Waals surface area contributed by atoms with E-state index in [0.717, 1.165) is 26.3 Å². The standard InChI is InChI=1S/C4H9NO.N2/c1-3-6-4-2-5-1;1-2/h5H,1-4H2;. The van der Waals surface area contributed by atoms with Crippen LogP contribution < -0.4 is 5.32 Å². The van der Waals surface area contributed by atoms with Crippen molar-refractivity contribution in [3.05, 3.63) is 0 Å². The lowest BCUT2D eigenvalue weighted by Gasteiger charge is -2.10. The van der Waals surface area contributed by atoms with Gasteiger partial charge in [0.05, 0.1) is 13.2 Å². The third-order valence-electron chi connectivity index (χ3n) is 0.846. The summed E-state index contributed by atoms with van der Waals surface area (Å²) in [6, 6.07) is 0. The summed E-state index contributed by atoms with van der Waals surface area (Å²) >= 11 is 0. The molecule has 8 heavy (non-hydrogen) atoms. The molecule has 0 aromatic carbocycles. The summed E-state index contributed by atoms with van der Waals surface area (Å²) in [5.41, 5.74) is 0. The molecule has 0 aromatic rings. The van der Waals surface area contributed by atoms with E-state index >= 15 is 0 Å². The third kappa shape index (κ3) is 3.53. The molecule has 0 aromatic heterocycles. The molecule has 46 valence electrons. The number of hydrogen-bond donors (Lipinski definition) is 1. The van der Waals surface area contributed by atoms with Crippen molar-refractivity contribution in [2.24, 2.45) is 0 Å². The van der Waals surface area contributed by atoms with Crippen molar-refractivity contribution in [2.75, 3.05) is 26.3 Å². The molecule has 0 atom stereocenters. The van der Waals surface area contributed by atoms with E-state index in [2.05, 4.69) is 5.32 Å². The lowest BCUT2D eigenvalue weighted by atomic mass is 10.5. The molecule has 4 nitrogen and oxygen atoms in total. The average Bonchev–Trinajstić information content (AvgIpc) is 1.96. The number of morpholine rings is 1. The Morgan fingerprint density at radius 1 is 1.12 bits per heavy atom. The van der Waals surface area contributed by atoms with Gasteiger partial charge in [-0.15, -0.1) is 0 Å². The monoisotopic (exact) mass is 115 g/mol. The first-order valence-electron chi connectivity index (χ1n) is 2.48. The smallest absolute Gasteiger partial charge is 0.0591 e. The Kier molecular flexibility index (Phi) is 5.82. The van der Waals surface area contributed by atoms with E-state index in [1.807, 2.05) is 0 Å². The Morgan fingerprint density at radius 3 is 1.75 bits per heavy atom. The fourth-order valence-corrected chi connectivity index (χ4v) is 0.516. The fraction of sp³-hybridized carbons (Fsp3) is 1.00. The molecular weight excluding hydrogens is 106 g/mol. The molecule has 0 saturated carbocycles. The van der Waals surface area contributed by atoms with Crippen LogP contribution in [0.3, 0.4) is 0 Å². The van der Waals surface area contributed by atoms with Gasteiger partial charge >= 0.3 is 0 Å². The van der Waals surface area contributed by atoms with E-state index < -0.39 is 0 Å². The van der Waals surface area contributed by atoms with E-state index in [9.17, 15) is 0 Å². The number of nitrogens with one attached hydrogen (secondary N) is 1. The van der Waals surface area contributed by atoms with Crippen LogP contribution >= 0.6 is 0 Å². The topological polar surface area (TPSA) is 68.8 Å². The zero-order valence-corrected chi connectivity index (χ0v) is 4.63. The minimum Gasteiger partial charge on any atom is -0.379 e. The van der Waals surface area contributed by atoms with Gasteiger partial charge in [0.25, 0.3) is 0 Å². The number of hydrogen-bond acceptors (Lipinski definition) is 4. The maximum absolute atomic E-state index is 6.00. The second-order valence-electron chi connectivity index (χ2n) is 1.36. The Balaban J connectivity index is 0.000000222. The molecule has 1 rings (SSSR count). The molecule has 1 heterocycles. The maximum Gasteiger partial charge on any atom is 0.0591 e. The van der Waals surface area contributed by atoms with Crippen LogP contribution in [0.4, 0.5) is 0 Å². The van der Waals surface area contributed by atoms with E-state index in [-0.39, 0.29) is 0 Å². The van der Waals surface area contributed by atoms with Gasteiger partial charge in [-0.2, -0.15) is 0 Å². The van der Waals surface area contributed by atoms with Gasteiger partial charge in [0.2, 0.25) is 0 Å². The van der Waals surface area contributed by atoms with Gasteiger partial charge in [-0.25, -0.2) is 0 Å². The highest BCUT2D eigenvalue weighted by molar-refractivity contribution is 4.49. The number of nitrogens with zero attached hydrogens (tertiary/aromatic N) is 2. The van der Waals surface area contributed by atoms with Crippen LogP contribution in [0.25, 0.3) is 0 Å². The molecule has 1 saturated heterocycles. The van der Waals surface area contributed by atoms with Crippen LogP contribution in [0.1, 0.15) is 0 Å². The van der Waals surface area contributed by atoms with Crippen LogP contribution in [0, 0.1) is 10.8 Å².